The molecule has 5 rings (SSSR count). The van der Waals surface area contributed by atoms with Gasteiger partial charge >= 0.3 is 0 Å². The van der Waals surface area contributed by atoms with Gasteiger partial charge in [0.05, 0.1) is 17.0 Å². The molecule has 0 saturated carbocycles. The summed E-state index contributed by atoms with van der Waals surface area (Å²) in [6.07, 6.45) is 5.21. The predicted molar refractivity (Wildman–Crippen MR) is 149 cm³/mol. The Morgan fingerprint density at radius 2 is 1.53 bits per heavy atom. The van der Waals surface area contributed by atoms with Crippen LogP contribution < -0.4 is 14.5 Å². The molecule has 2 aromatic rings. The molecule has 3 fully saturated rings. The monoisotopic (exact) mass is 541 g/mol. The maximum absolute atomic E-state index is 12.7. The van der Waals surface area contributed by atoms with Crippen LogP contribution in [0.5, 0.6) is 5.75 Å². The average Bonchev–Trinajstić information content (AvgIpc) is 2.91. The number of nitrogens with zero attached hydrogens (tertiary/aromatic N) is 3. The van der Waals surface area contributed by atoms with E-state index < -0.39 is 15.4 Å². The van der Waals surface area contributed by atoms with Gasteiger partial charge in [0, 0.05) is 49.9 Å². The van der Waals surface area contributed by atoms with E-state index in [4.69, 9.17) is 9.47 Å². The Kier molecular flexibility index (Phi) is 7.71. The van der Waals surface area contributed by atoms with Crippen molar-refractivity contribution < 1.29 is 22.7 Å². The van der Waals surface area contributed by atoms with Crippen molar-refractivity contribution in [3.8, 4) is 5.75 Å². The number of hydrogen-bond acceptors (Lipinski definition) is 7. The summed E-state index contributed by atoms with van der Waals surface area (Å²) in [4.78, 5) is 19.5. The number of carbonyl (C=O) groups excluding carboxylic acids is 1. The molecule has 0 atom stereocenters. The van der Waals surface area contributed by atoms with E-state index >= 15 is 0 Å². The molecule has 0 unspecified atom stereocenters. The number of carbonyl (C=O) groups is 1. The summed E-state index contributed by atoms with van der Waals surface area (Å²) in [6, 6.07) is 15.6. The van der Waals surface area contributed by atoms with Crippen LogP contribution in [-0.4, -0.2) is 82.6 Å². The first kappa shape index (κ1) is 27.0. The van der Waals surface area contributed by atoms with Crippen LogP contribution in [0.15, 0.2) is 53.4 Å². The fraction of sp³-hybridized carbons (Fsp3) is 0.552. The third-order valence-electron chi connectivity index (χ3n) is 8.21. The summed E-state index contributed by atoms with van der Waals surface area (Å²) in [5.74, 6) is 0.826. The third-order valence-corrected chi connectivity index (χ3v) is 9.34. The van der Waals surface area contributed by atoms with E-state index in [0.29, 0.717) is 18.3 Å². The number of hydrogen-bond donors (Lipinski definition) is 0. The molecular weight excluding hydrogens is 502 g/mol. The fourth-order valence-electron chi connectivity index (χ4n) is 5.74. The average molecular weight is 542 g/mol. The summed E-state index contributed by atoms with van der Waals surface area (Å²) in [5, 5.41) is 0. The Labute approximate surface area is 226 Å². The van der Waals surface area contributed by atoms with Crippen molar-refractivity contribution in [3.63, 3.8) is 0 Å². The molecule has 3 heterocycles. The lowest BCUT2D eigenvalue weighted by molar-refractivity contribution is -0.141. The van der Waals surface area contributed by atoms with Crippen molar-refractivity contribution in [1.82, 2.24) is 4.90 Å². The lowest BCUT2D eigenvalue weighted by Gasteiger charge is -2.47. The number of ether oxygens (including phenoxy) is 2. The Morgan fingerprint density at radius 3 is 2.11 bits per heavy atom. The normalized spacial score (nSPS) is 21.3. The zero-order valence-electron chi connectivity index (χ0n) is 22.6. The second kappa shape index (κ2) is 10.9. The second-order valence-electron chi connectivity index (χ2n) is 11.1. The minimum absolute atomic E-state index is 0.0377. The molecule has 0 aliphatic carbocycles. The van der Waals surface area contributed by atoms with Gasteiger partial charge in [-0.1, -0.05) is 0 Å². The van der Waals surface area contributed by atoms with Crippen molar-refractivity contribution in [2.45, 2.75) is 62.2 Å². The molecule has 9 heteroatoms. The first-order valence-electron chi connectivity index (χ1n) is 13.6. The van der Waals surface area contributed by atoms with E-state index in [-0.39, 0.29) is 23.5 Å². The Hall–Kier alpha value is -2.62. The number of sulfone groups is 1. The molecule has 1 amide bonds. The van der Waals surface area contributed by atoms with E-state index in [0.717, 1.165) is 57.6 Å². The highest BCUT2D eigenvalue weighted by Gasteiger charge is 2.42. The highest BCUT2D eigenvalue weighted by molar-refractivity contribution is 7.90. The number of likely N-dealkylation sites (tertiary alicyclic amines) is 1. The lowest BCUT2D eigenvalue weighted by Crippen LogP contribution is -2.59. The van der Waals surface area contributed by atoms with E-state index in [9.17, 15) is 13.2 Å². The lowest BCUT2D eigenvalue weighted by atomic mass is 9.88. The second-order valence-corrected chi connectivity index (χ2v) is 13.2. The number of benzene rings is 2. The van der Waals surface area contributed by atoms with Gasteiger partial charge in [-0.3, -0.25) is 4.79 Å². The van der Waals surface area contributed by atoms with Gasteiger partial charge in [0.1, 0.15) is 18.5 Å². The Balaban J connectivity index is 1.16. The number of amides is 1. The van der Waals surface area contributed by atoms with Gasteiger partial charge in [0.25, 0.3) is 5.91 Å². The van der Waals surface area contributed by atoms with Crippen LogP contribution >= 0.6 is 0 Å². The van der Waals surface area contributed by atoms with E-state index in [2.05, 4.69) is 47.9 Å². The number of piperidine rings is 2. The standard InChI is InChI=1S/C29H39N3O5S/c1-22(2)30-16-12-26(13-17-30)37-25-8-4-23(5-9-25)31-18-14-29(15-19-31)21-32(28(33)20-36-29)24-6-10-27(11-7-24)38(3,34)35/h4-11,22,26H,12-21H2,1-3H3. The summed E-state index contributed by atoms with van der Waals surface area (Å²) >= 11 is 0. The van der Waals surface area contributed by atoms with Gasteiger partial charge < -0.3 is 24.2 Å². The van der Waals surface area contributed by atoms with Crippen LogP contribution in [0.4, 0.5) is 11.4 Å². The van der Waals surface area contributed by atoms with Crippen LogP contribution in [0.25, 0.3) is 0 Å². The van der Waals surface area contributed by atoms with Crippen LogP contribution in [0.1, 0.15) is 39.5 Å². The van der Waals surface area contributed by atoms with Crippen LogP contribution in [-0.2, 0) is 19.4 Å². The Bertz CT molecular complexity index is 1210. The molecule has 3 saturated heterocycles. The van der Waals surface area contributed by atoms with E-state index in [1.807, 2.05) is 0 Å². The largest absolute Gasteiger partial charge is 0.490 e. The molecular formula is C29H39N3O5S. The van der Waals surface area contributed by atoms with Gasteiger partial charge in [0.15, 0.2) is 9.84 Å². The van der Waals surface area contributed by atoms with Gasteiger partial charge in [-0.05, 0) is 88.1 Å². The Morgan fingerprint density at radius 1 is 0.921 bits per heavy atom. The molecule has 3 aliphatic heterocycles. The van der Waals surface area contributed by atoms with Crippen molar-refractivity contribution in [2.24, 2.45) is 0 Å². The molecule has 2 aromatic carbocycles. The smallest absolute Gasteiger partial charge is 0.253 e. The minimum atomic E-state index is -3.28. The molecule has 38 heavy (non-hydrogen) atoms. The number of rotatable bonds is 6. The molecule has 8 nitrogen and oxygen atoms in total. The SMILES string of the molecule is CC(C)N1CCC(Oc2ccc(N3CCC4(CC3)CN(c3ccc(S(C)(=O)=O)cc3)C(=O)CO4)cc2)CC1. The predicted octanol–water partition coefficient (Wildman–Crippen LogP) is 3.74. The number of morpholine rings is 1. The van der Waals surface area contributed by atoms with E-state index in [1.54, 1.807) is 29.2 Å². The first-order chi connectivity index (χ1) is 18.1. The summed E-state index contributed by atoms with van der Waals surface area (Å²) in [6.45, 7) is 8.86. The molecule has 0 bridgehead atoms. The zero-order chi connectivity index (χ0) is 26.9. The third kappa shape index (κ3) is 6.00. The van der Waals surface area contributed by atoms with Gasteiger partial charge in [-0.2, -0.15) is 0 Å². The zero-order valence-corrected chi connectivity index (χ0v) is 23.5. The molecule has 0 radical (unpaired) electrons. The number of anilines is 2. The molecule has 206 valence electrons. The van der Waals surface area contributed by atoms with Gasteiger partial charge in [-0.25, -0.2) is 8.42 Å². The quantitative estimate of drug-likeness (QED) is 0.551. The van der Waals surface area contributed by atoms with Crippen molar-refractivity contribution >= 4 is 27.1 Å². The van der Waals surface area contributed by atoms with Crippen LogP contribution in [0, 0.1) is 0 Å². The molecule has 1 spiro atoms. The van der Waals surface area contributed by atoms with Crippen molar-refractivity contribution in [3.05, 3.63) is 48.5 Å². The van der Waals surface area contributed by atoms with Crippen LogP contribution in [0.2, 0.25) is 0 Å². The van der Waals surface area contributed by atoms with Crippen molar-refractivity contribution in [1.29, 1.82) is 0 Å². The van der Waals surface area contributed by atoms with Crippen LogP contribution in [0.3, 0.4) is 0 Å². The highest BCUT2D eigenvalue weighted by atomic mass is 32.2. The van der Waals surface area contributed by atoms with Gasteiger partial charge in [-0.15, -0.1) is 0 Å². The van der Waals surface area contributed by atoms with Gasteiger partial charge in [0.2, 0.25) is 0 Å². The summed E-state index contributed by atoms with van der Waals surface area (Å²) in [5.41, 5.74) is 1.48. The summed E-state index contributed by atoms with van der Waals surface area (Å²) in [7, 11) is -3.28. The minimum Gasteiger partial charge on any atom is -0.490 e. The maximum Gasteiger partial charge on any atom is 0.253 e. The first-order valence-corrected chi connectivity index (χ1v) is 15.5. The molecule has 3 aliphatic rings. The molecule has 0 N–H and O–H groups in total. The van der Waals surface area contributed by atoms with Crippen molar-refractivity contribution in [2.75, 3.05) is 55.4 Å². The highest BCUT2D eigenvalue weighted by Crippen LogP contribution is 2.35. The fourth-order valence-corrected chi connectivity index (χ4v) is 6.37. The maximum atomic E-state index is 12.7. The van der Waals surface area contributed by atoms with E-state index in [1.165, 1.54) is 11.9 Å². The summed E-state index contributed by atoms with van der Waals surface area (Å²) < 4.78 is 36.0. The topological polar surface area (TPSA) is 79.4 Å². The molecule has 0 aromatic heterocycles.